The number of fused-ring (bicyclic) bond motifs is 1. The average Bonchev–Trinajstić information content (AvgIpc) is 2.88. The van der Waals surface area contributed by atoms with Crippen molar-refractivity contribution in [2.45, 2.75) is 40.2 Å². The van der Waals surface area contributed by atoms with E-state index in [2.05, 4.69) is 61.7 Å². The summed E-state index contributed by atoms with van der Waals surface area (Å²) in [5.41, 5.74) is 6.88. The predicted molar refractivity (Wildman–Crippen MR) is 107 cm³/mol. The van der Waals surface area contributed by atoms with Crippen LogP contribution in [0.5, 0.6) is 0 Å². The molecule has 0 saturated carbocycles. The molecule has 0 bridgehead atoms. The molecule has 1 heterocycles. The molecule has 2 nitrogen and oxygen atoms in total. The minimum atomic E-state index is 0.0112. The van der Waals surface area contributed by atoms with E-state index in [9.17, 15) is 4.79 Å². The van der Waals surface area contributed by atoms with E-state index < -0.39 is 0 Å². The SMILES string of the molecule is Cc1c(-c2ccccc2)c2c(n1Cc1ccccc1)CC(C)(C)CC2=O. The maximum absolute atomic E-state index is 13.1. The van der Waals surface area contributed by atoms with E-state index in [1.807, 2.05) is 24.3 Å². The fraction of sp³-hybridized carbons (Fsp3) is 0.292. The second-order valence-electron chi connectivity index (χ2n) is 8.16. The Morgan fingerprint density at radius 1 is 0.885 bits per heavy atom. The lowest BCUT2D eigenvalue weighted by atomic mass is 9.75. The molecule has 0 radical (unpaired) electrons. The Kier molecular flexibility index (Phi) is 4.07. The zero-order valence-electron chi connectivity index (χ0n) is 15.8. The van der Waals surface area contributed by atoms with Gasteiger partial charge in [-0.05, 0) is 29.9 Å². The van der Waals surface area contributed by atoms with Gasteiger partial charge in [-0.15, -0.1) is 0 Å². The standard InChI is InChI=1S/C24H25NO/c1-17-22(19-12-8-5-9-13-19)23-20(14-24(2,3)15-21(23)26)25(17)16-18-10-6-4-7-11-18/h4-13H,14-16H2,1-3H3. The molecule has 0 atom stereocenters. The van der Waals surface area contributed by atoms with Gasteiger partial charge < -0.3 is 4.57 Å². The number of nitrogens with zero attached hydrogens (tertiary/aromatic N) is 1. The van der Waals surface area contributed by atoms with Gasteiger partial charge in [-0.25, -0.2) is 0 Å². The molecule has 3 aromatic rings. The molecule has 2 aromatic carbocycles. The van der Waals surface area contributed by atoms with Crippen LogP contribution in [0, 0.1) is 12.3 Å². The Labute approximate surface area is 155 Å². The van der Waals surface area contributed by atoms with Crippen LogP contribution in [-0.4, -0.2) is 10.4 Å². The first-order chi connectivity index (χ1) is 12.5. The molecule has 1 aromatic heterocycles. The van der Waals surface area contributed by atoms with Crippen LogP contribution in [0.3, 0.4) is 0 Å². The highest BCUT2D eigenvalue weighted by Gasteiger charge is 2.36. The number of hydrogen-bond donors (Lipinski definition) is 0. The third-order valence-corrected chi connectivity index (χ3v) is 5.44. The topological polar surface area (TPSA) is 22.0 Å². The maximum Gasteiger partial charge on any atom is 0.165 e. The molecule has 1 aliphatic carbocycles. The lowest BCUT2D eigenvalue weighted by Gasteiger charge is -2.30. The molecule has 0 saturated heterocycles. The molecule has 132 valence electrons. The molecule has 0 aliphatic heterocycles. The Hall–Kier alpha value is -2.61. The van der Waals surface area contributed by atoms with E-state index in [-0.39, 0.29) is 11.2 Å². The summed E-state index contributed by atoms with van der Waals surface area (Å²) in [6, 6.07) is 20.9. The Balaban J connectivity index is 1.93. The summed E-state index contributed by atoms with van der Waals surface area (Å²) in [4.78, 5) is 13.1. The molecule has 0 unspecified atom stereocenters. The molecular weight excluding hydrogens is 318 g/mol. The van der Waals surface area contributed by atoms with Crippen molar-refractivity contribution in [3.63, 3.8) is 0 Å². The highest BCUT2D eigenvalue weighted by Crippen LogP contribution is 2.42. The fourth-order valence-corrected chi connectivity index (χ4v) is 4.26. The largest absolute Gasteiger partial charge is 0.343 e. The van der Waals surface area contributed by atoms with Crippen LogP contribution in [0.15, 0.2) is 60.7 Å². The van der Waals surface area contributed by atoms with Crippen molar-refractivity contribution < 1.29 is 4.79 Å². The van der Waals surface area contributed by atoms with Gasteiger partial charge in [0.05, 0.1) is 0 Å². The van der Waals surface area contributed by atoms with E-state index in [0.717, 1.165) is 29.7 Å². The van der Waals surface area contributed by atoms with Crippen molar-refractivity contribution in [2.75, 3.05) is 0 Å². The quantitative estimate of drug-likeness (QED) is 0.601. The van der Waals surface area contributed by atoms with Gasteiger partial charge in [0.1, 0.15) is 0 Å². The molecule has 26 heavy (non-hydrogen) atoms. The van der Waals surface area contributed by atoms with Gasteiger partial charge in [-0.2, -0.15) is 0 Å². The number of hydrogen-bond acceptors (Lipinski definition) is 1. The van der Waals surface area contributed by atoms with Crippen LogP contribution in [0.25, 0.3) is 11.1 Å². The Morgan fingerprint density at radius 2 is 1.50 bits per heavy atom. The smallest absolute Gasteiger partial charge is 0.165 e. The first kappa shape index (κ1) is 16.8. The Morgan fingerprint density at radius 3 is 2.15 bits per heavy atom. The molecule has 4 rings (SSSR count). The minimum Gasteiger partial charge on any atom is -0.343 e. The highest BCUT2D eigenvalue weighted by molar-refractivity contribution is 6.05. The Bertz CT molecular complexity index is 949. The van der Waals surface area contributed by atoms with Crippen molar-refractivity contribution in [1.82, 2.24) is 4.57 Å². The predicted octanol–water partition coefficient (Wildman–Crippen LogP) is 5.67. The zero-order valence-corrected chi connectivity index (χ0v) is 15.8. The molecule has 0 fully saturated rings. The van der Waals surface area contributed by atoms with Gasteiger partial charge in [0.15, 0.2) is 5.78 Å². The second-order valence-corrected chi connectivity index (χ2v) is 8.16. The summed E-state index contributed by atoms with van der Waals surface area (Å²) in [5.74, 6) is 0.282. The lowest BCUT2D eigenvalue weighted by Crippen LogP contribution is -2.28. The van der Waals surface area contributed by atoms with Crippen LogP contribution in [0.4, 0.5) is 0 Å². The summed E-state index contributed by atoms with van der Waals surface area (Å²) in [5, 5.41) is 0. The fourth-order valence-electron chi connectivity index (χ4n) is 4.26. The molecule has 2 heteroatoms. The zero-order chi connectivity index (χ0) is 18.3. The number of rotatable bonds is 3. The summed E-state index contributed by atoms with van der Waals surface area (Å²) in [6.07, 6.45) is 1.56. The van der Waals surface area contributed by atoms with Gasteiger partial charge in [-0.3, -0.25) is 4.79 Å². The third-order valence-electron chi connectivity index (χ3n) is 5.44. The van der Waals surface area contributed by atoms with Crippen LogP contribution in [0.1, 0.15) is 47.6 Å². The van der Waals surface area contributed by atoms with Crippen molar-refractivity contribution in [2.24, 2.45) is 5.41 Å². The van der Waals surface area contributed by atoms with Crippen molar-refractivity contribution in [1.29, 1.82) is 0 Å². The van der Waals surface area contributed by atoms with Gasteiger partial charge >= 0.3 is 0 Å². The summed E-state index contributed by atoms with van der Waals surface area (Å²) in [7, 11) is 0. The summed E-state index contributed by atoms with van der Waals surface area (Å²) >= 11 is 0. The van der Waals surface area contributed by atoms with Gasteiger partial charge in [-0.1, -0.05) is 74.5 Å². The summed E-state index contributed by atoms with van der Waals surface area (Å²) < 4.78 is 2.37. The number of ketones is 1. The highest BCUT2D eigenvalue weighted by atomic mass is 16.1. The number of Topliss-reactive ketones (excluding diaryl/α,β-unsaturated/α-hetero) is 1. The average molecular weight is 343 g/mol. The van der Waals surface area contributed by atoms with Gasteiger partial charge in [0, 0.05) is 35.5 Å². The summed E-state index contributed by atoms with van der Waals surface area (Å²) in [6.45, 7) is 7.37. The molecule has 1 aliphatic rings. The number of benzene rings is 2. The van der Waals surface area contributed by atoms with Crippen LogP contribution >= 0.6 is 0 Å². The van der Waals surface area contributed by atoms with Gasteiger partial charge in [0.25, 0.3) is 0 Å². The lowest BCUT2D eigenvalue weighted by molar-refractivity contribution is 0.0911. The van der Waals surface area contributed by atoms with Crippen molar-refractivity contribution in [3.8, 4) is 11.1 Å². The second kappa shape index (κ2) is 6.28. The van der Waals surface area contributed by atoms with Crippen molar-refractivity contribution >= 4 is 5.78 Å². The first-order valence-corrected chi connectivity index (χ1v) is 9.31. The molecule has 0 spiro atoms. The molecular formula is C24H25NO. The van der Waals surface area contributed by atoms with E-state index in [0.29, 0.717) is 6.42 Å². The maximum atomic E-state index is 13.1. The van der Waals surface area contributed by atoms with E-state index in [1.165, 1.54) is 17.0 Å². The van der Waals surface area contributed by atoms with Crippen molar-refractivity contribution in [3.05, 3.63) is 83.2 Å². The monoisotopic (exact) mass is 343 g/mol. The number of aromatic nitrogens is 1. The third kappa shape index (κ3) is 2.90. The van der Waals surface area contributed by atoms with Crippen LogP contribution in [-0.2, 0) is 13.0 Å². The molecule has 0 amide bonds. The minimum absolute atomic E-state index is 0.0112. The van der Waals surface area contributed by atoms with E-state index in [1.54, 1.807) is 0 Å². The number of carbonyl (C=O) groups excluding carboxylic acids is 1. The number of carbonyl (C=O) groups is 1. The van der Waals surface area contributed by atoms with Gasteiger partial charge in [0.2, 0.25) is 0 Å². The molecule has 0 N–H and O–H groups in total. The first-order valence-electron chi connectivity index (χ1n) is 9.31. The van der Waals surface area contributed by atoms with Crippen LogP contribution in [0.2, 0.25) is 0 Å². The van der Waals surface area contributed by atoms with Crippen LogP contribution < -0.4 is 0 Å². The van der Waals surface area contributed by atoms with E-state index in [4.69, 9.17) is 0 Å². The normalized spacial score (nSPS) is 15.7. The van der Waals surface area contributed by atoms with E-state index >= 15 is 0 Å².